The highest BCUT2D eigenvalue weighted by molar-refractivity contribution is 5.44. The van der Waals surface area contributed by atoms with Gasteiger partial charge in [0.1, 0.15) is 5.75 Å². The molecule has 0 saturated heterocycles. The van der Waals surface area contributed by atoms with Crippen molar-refractivity contribution in [1.29, 1.82) is 0 Å². The van der Waals surface area contributed by atoms with E-state index in [4.69, 9.17) is 10.5 Å². The molecule has 15 heavy (non-hydrogen) atoms. The van der Waals surface area contributed by atoms with Crippen molar-refractivity contribution in [1.82, 2.24) is 0 Å². The number of methoxy groups -OCH3 is 1. The minimum atomic E-state index is 0.167. The Morgan fingerprint density at radius 2 is 2.07 bits per heavy atom. The monoisotopic (exact) mass is 205 g/mol. The molecular weight excluding hydrogens is 186 g/mol. The molecule has 2 nitrogen and oxygen atoms in total. The van der Waals surface area contributed by atoms with Gasteiger partial charge in [-0.25, -0.2) is 0 Å². The first-order chi connectivity index (χ1) is 7.19. The van der Waals surface area contributed by atoms with E-state index in [1.165, 1.54) is 11.1 Å². The number of fused-ring (bicyclic) bond motifs is 1. The molecule has 3 unspecified atom stereocenters. The van der Waals surface area contributed by atoms with Crippen molar-refractivity contribution < 1.29 is 4.74 Å². The summed E-state index contributed by atoms with van der Waals surface area (Å²) >= 11 is 0. The van der Waals surface area contributed by atoms with E-state index in [2.05, 4.69) is 26.0 Å². The summed E-state index contributed by atoms with van der Waals surface area (Å²) in [5.74, 6) is 2.06. The van der Waals surface area contributed by atoms with E-state index in [0.717, 1.165) is 12.2 Å². The summed E-state index contributed by atoms with van der Waals surface area (Å²) in [5, 5.41) is 0. The number of benzene rings is 1. The smallest absolute Gasteiger partial charge is 0.119 e. The van der Waals surface area contributed by atoms with Crippen LogP contribution in [0.3, 0.4) is 0 Å². The number of nitrogens with two attached hydrogens (primary N) is 1. The summed E-state index contributed by atoms with van der Waals surface area (Å²) in [6, 6.07) is 6.46. The average Bonchev–Trinajstić information content (AvgIpc) is 2.51. The zero-order chi connectivity index (χ0) is 11.0. The summed E-state index contributed by atoms with van der Waals surface area (Å²) in [6.45, 7) is 4.47. The zero-order valence-electron chi connectivity index (χ0n) is 9.66. The van der Waals surface area contributed by atoms with E-state index in [1.807, 2.05) is 6.07 Å². The molecule has 0 aromatic heterocycles. The Bertz CT molecular complexity index is 362. The lowest BCUT2D eigenvalue weighted by Crippen LogP contribution is -2.15. The van der Waals surface area contributed by atoms with Crippen LogP contribution in [0.25, 0.3) is 0 Å². The van der Waals surface area contributed by atoms with Crippen molar-refractivity contribution >= 4 is 0 Å². The Balaban J connectivity index is 2.45. The molecule has 1 aliphatic rings. The van der Waals surface area contributed by atoms with Gasteiger partial charge in [0.15, 0.2) is 0 Å². The first-order valence-corrected chi connectivity index (χ1v) is 5.62. The van der Waals surface area contributed by atoms with Crippen LogP contribution in [0.5, 0.6) is 5.75 Å². The number of hydrogen-bond acceptors (Lipinski definition) is 2. The molecule has 0 saturated carbocycles. The third-order valence-electron chi connectivity index (χ3n) is 3.69. The van der Waals surface area contributed by atoms with Crippen molar-refractivity contribution in [3.63, 3.8) is 0 Å². The molecule has 1 aromatic rings. The minimum absolute atomic E-state index is 0.167. The molecule has 0 bridgehead atoms. The third-order valence-corrected chi connectivity index (χ3v) is 3.69. The second-order valence-corrected chi connectivity index (χ2v) is 4.39. The summed E-state index contributed by atoms with van der Waals surface area (Å²) in [4.78, 5) is 0. The maximum absolute atomic E-state index is 6.22. The molecule has 0 fully saturated rings. The van der Waals surface area contributed by atoms with Gasteiger partial charge in [0.2, 0.25) is 0 Å². The van der Waals surface area contributed by atoms with Crippen LogP contribution in [0.1, 0.15) is 43.4 Å². The third kappa shape index (κ3) is 1.53. The number of ether oxygens (including phenoxy) is 1. The van der Waals surface area contributed by atoms with Crippen LogP contribution in [0.2, 0.25) is 0 Å². The largest absolute Gasteiger partial charge is 0.497 e. The van der Waals surface area contributed by atoms with Crippen LogP contribution in [0, 0.1) is 5.92 Å². The van der Waals surface area contributed by atoms with Gasteiger partial charge in [-0.15, -0.1) is 0 Å². The highest BCUT2D eigenvalue weighted by atomic mass is 16.5. The van der Waals surface area contributed by atoms with Crippen LogP contribution >= 0.6 is 0 Å². The van der Waals surface area contributed by atoms with Gasteiger partial charge in [-0.2, -0.15) is 0 Å². The average molecular weight is 205 g/mol. The van der Waals surface area contributed by atoms with E-state index >= 15 is 0 Å². The van der Waals surface area contributed by atoms with Crippen molar-refractivity contribution in [3.8, 4) is 5.75 Å². The Hall–Kier alpha value is -1.02. The molecule has 0 heterocycles. The highest BCUT2D eigenvalue weighted by Gasteiger charge is 2.34. The Labute approximate surface area is 91.4 Å². The predicted octanol–water partition coefficient (Wildman–Crippen LogP) is 2.84. The fourth-order valence-electron chi connectivity index (χ4n) is 2.71. The maximum Gasteiger partial charge on any atom is 0.119 e. The van der Waals surface area contributed by atoms with E-state index in [0.29, 0.717) is 11.8 Å². The van der Waals surface area contributed by atoms with Gasteiger partial charge in [-0.05, 0) is 41.5 Å². The summed E-state index contributed by atoms with van der Waals surface area (Å²) in [5.41, 5.74) is 8.91. The molecule has 3 atom stereocenters. The first-order valence-electron chi connectivity index (χ1n) is 5.62. The van der Waals surface area contributed by atoms with E-state index in [-0.39, 0.29) is 6.04 Å². The standard InChI is InChI=1S/C13H19NO/c1-4-10-8(2)13(14)12-7-9(15-3)5-6-11(10)12/h5-8,10,13H,4,14H2,1-3H3. The second-order valence-electron chi connectivity index (χ2n) is 4.39. The quantitative estimate of drug-likeness (QED) is 0.805. The van der Waals surface area contributed by atoms with Gasteiger partial charge >= 0.3 is 0 Å². The van der Waals surface area contributed by atoms with Gasteiger partial charge in [0.05, 0.1) is 7.11 Å². The van der Waals surface area contributed by atoms with Crippen molar-refractivity contribution in [3.05, 3.63) is 29.3 Å². The predicted molar refractivity (Wildman–Crippen MR) is 62.1 cm³/mol. The lowest BCUT2D eigenvalue weighted by molar-refractivity contribution is 0.411. The first kappa shape index (κ1) is 10.5. The Kier molecular flexibility index (Phi) is 2.70. The molecule has 0 spiro atoms. The highest BCUT2D eigenvalue weighted by Crippen LogP contribution is 2.46. The van der Waals surface area contributed by atoms with Crippen molar-refractivity contribution in [2.45, 2.75) is 32.2 Å². The molecule has 0 radical (unpaired) electrons. The van der Waals surface area contributed by atoms with Crippen LogP contribution in [-0.2, 0) is 0 Å². The lowest BCUT2D eigenvalue weighted by atomic mass is 9.91. The zero-order valence-corrected chi connectivity index (χ0v) is 9.66. The molecule has 2 N–H and O–H groups in total. The van der Waals surface area contributed by atoms with Gasteiger partial charge in [-0.3, -0.25) is 0 Å². The Morgan fingerprint density at radius 1 is 1.33 bits per heavy atom. The number of hydrogen-bond donors (Lipinski definition) is 1. The molecule has 1 aromatic carbocycles. The molecule has 2 rings (SSSR count). The molecular formula is C13H19NO. The van der Waals surface area contributed by atoms with Crippen molar-refractivity contribution in [2.24, 2.45) is 11.7 Å². The van der Waals surface area contributed by atoms with Crippen LogP contribution in [0.4, 0.5) is 0 Å². The van der Waals surface area contributed by atoms with Crippen LogP contribution in [0.15, 0.2) is 18.2 Å². The summed E-state index contributed by atoms with van der Waals surface area (Å²) in [7, 11) is 1.70. The van der Waals surface area contributed by atoms with Gasteiger partial charge < -0.3 is 10.5 Å². The fraction of sp³-hybridized carbons (Fsp3) is 0.538. The van der Waals surface area contributed by atoms with Crippen LogP contribution < -0.4 is 10.5 Å². The Morgan fingerprint density at radius 3 is 2.67 bits per heavy atom. The molecule has 0 amide bonds. The molecule has 2 heteroatoms. The fourth-order valence-corrected chi connectivity index (χ4v) is 2.71. The van der Waals surface area contributed by atoms with Gasteiger partial charge in [0.25, 0.3) is 0 Å². The molecule has 1 aliphatic carbocycles. The normalized spacial score (nSPS) is 28.9. The minimum Gasteiger partial charge on any atom is -0.497 e. The SMILES string of the molecule is CCC1c2ccc(OC)cc2C(N)C1C. The van der Waals surface area contributed by atoms with E-state index in [1.54, 1.807) is 7.11 Å². The van der Waals surface area contributed by atoms with Crippen molar-refractivity contribution in [2.75, 3.05) is 7.11 Å². The molecule has 82 valence electrons. The van der Waals surface area contributed by atoms with E-state index in [9.17, 15) is 0 Å². The van der Waals surface area contributed by atoms with Crippen LogP contribution in [-0.4, -0.2) is 7.11 Å². The maximum atomic E-state index is 6.22. The lowest BCUT2D eigenvalue weighted by Gasteiger charge is -2.16. The van der Waals surface area contributed by atoms with E-state index < -0.39 is 0 Å². The molecule has 0 aliphatic heterocycles. The van der Waals surface area contributed by atoms with Gasteiger partial charge in [-0.1, -0.05) is 19.9 Å². The second kappa shape index (κ2) is 3.86. The topological polar surface area (TPSA) is 35.2 Å². The summed E-state index contributed by atoms with van der Waals surface area (Å²) in [6.07, 6.45) is 1.16. The number of rotatable bonds is 2. The van der Waals surface area contributed by atoms with Gasteiger partial charge in [0, 0.05) is 6.04 Å². The summed E-state index contributed by atoms with van der Waals surface area (Å²) < 4.78 is 5.24.